The molecule has 0 bridgehead atoms. The molecule has 1 aromatic carbocycles. The monoisotopic (exact) mass is 386 g/mol. The van der Waals surface area contributed by atoms with Gasteiger partial charge in [-0.25, -0.2) is 0 Å². The van der Waals surface area contributed by atoms with Gasteiger partial charge in [-0.2, -0.15) is 18.3 Å². The summed E-state index contributed by atoms with van der Waals surface area (Å²) in [5.41, 5.74) is 0.680. The number of nitrogens with one attached hydrogen (secondary N) is 1. The number of halogens is 3. The van der Waals surface area contributed by atoms with E-state index in [-0.39, 0.29) is 12.5 Å². The summed E-state index contributed by atoms with van der Waals surface area (Å²) in [4.78, 5) is 15.7. The Morgan fingerprint density at radius 2 is 1.96 bits per heavy atom. The zero-order valence-corrected chi connectivity index (χ0v) is 14.3. The number of fused-ring (bicyclic) bond motifs is 1. The van der Waals surface area contributed by atoms with Gasteiger partial charge >= 0.3 is 6.18 Å². The van der Waals surface area contributed by atoms with Crippen molar-refractivity contribution < 1.29 is 22.4 Å². The first kappa shape index (κ1) is 17.8. The molecule has 3 aromatic heterocycles. The van der Waals surface area contributed by atoms with Crippen molar-refractivity contribution in [3.05, 3.63) is 78.0 Å². The molecule has 0 radical (unpaired) electrons. The third-order valence-corrected chi connectivity index (χ3v) is 4.12. The molecule has 0 unspecified atom stereocenters. The average Bonchev–Trinajstić information content (AvgIpc) is 3.31. The summed E-state index contributed by atoms with van der Waals surface area (Å²) in [7, 11) is 0. The highest BCUT2D eigenvalue weighted by molar-refractivity contribution is 6.07. The number of carbonyl (C=O) groups is 1. The second-order valence-electron chi connectivity index (χ2n) is 6.04. The van der Waals surface area contributed by atoms with Crippen molar-refractivity contribution in [2.24, 2.45) is 0 Å². The van der Waals surface area contributed by atoms with Crippen molar-refractivity contribution in [1.29, 1.82) is 0 Å². The van der Waals surface area contributed by atoms with Crippen LogP contribution in [0, 0.1) is 0 Å². The number of benzene rings is 1. The van der Waals surface area contributed by atoms with Gasteiger partial charge in [0.2, 0.25) is 0 Å². The molecule has 9 heteroatoms. The van der Waals surface area contributed by atoms with Gasteiger partial charge in [0.15, 0.2) is 5.82 Å². The van der Waals surface area contributed by atoms with Crippen molar-refractivity contribution in [3.63, 3.8) is 0 Å². The Labute approximate surface area is 156 Å². The third-order valence-electron chi connectivity index (χ3n) is 4.12. The van der Waals surface area contributed by atoms with E-state index in [1.807, 2.05) is 18.2 Å². The van der Waals surface area contributed by atoms with Crippen LogP contribution in [0.5, 0.6) is 0 Å². The topological polar surface area (TPSA) is 73.0 Å². The van der Waals surface area contributed by atoms with Crippen LogP contribution in [0.25, 0.3) is 10.9 Å². The van der Waals surface area contributed by atoms with Gasteiger partial charge in [-0.3, -0.25) is 14.5 Å². The third kappa shape index (κ3) is 3.46. The van der Waals surface area contributed by atoms with E-state index in [1.165, 1.54) is 30.9 Å². The molecule has 0 saturated carbocycles. The Kier molecular flexibility index (Phi) is 4.34. The molecule has 0 aliphatic carbocycles. The van der Waals surface area contributed by atoms with Crippen molar-refractivity contribution >= 4 is 22.6 Å². The first-order valence-electron chi connectivity index (χ1n) is 8.23. The van der Waals surface area contributed by atoms with E-state index < -0.39 is 11.9 Å². The van der Waals surface area contributed by atoms with Crippen LogP contribution < -0.4 is 5.32 Å². The zero-order valence-electron chi connectivity index (χ0n) is 14.3. The maximum Gasteiger partial charge on any atom is 0.433 e. The lowest BCUT2D eigenvalue weighted by Gasteiger charge is -2.07. The molecule has 3 heterocycles. The molecule has 142 valence electrons. The van der Waals surface area contributed by atoms with Gasteiger partial charge in [0, 0.05) is 11.6 Å². The number of anilines is 1. The Bertz CT molecular complexity index is 1120. The summed E-state index contributed by atoms with van der Waals surface area (Å²) < 4.78 is 44.5. The number of furan rings is 1. The predicted octanol–water partition coefficient (Wildman–Crippen LogP) is 4.34. The van der Waals surface area contributed by atoms with Crippen LogP contribution in [0.3, 0.4) is 0 Å². The van der Waals surface area contributed by atoms with Crippen molar-refractivity contribution in [2.45, 2.75) is 12.7 Å². The fraction of sp³-hybridized carbons (Fsp3) is 0.105. The fourth-order valence-electron chi connectivity index (χ4n) is 2.77. The number of amides is 1. The summed E-state index contributed by atoms with van der Waals surface area (Å²) in [6.45, 7) is 0.202. The molecule has 1 amide bonds. The van der Waals surface area contributed by atoms with Crippen molar-refractivity contribution in [1.82, 2.24) is 14.8 Å². The minimum Gasteiger partial charge on any atom is -0.472 e. The Morgan fingerprint density at radius 1 is 1.14 bits per heavy atom. The standard InChI is InChI=1S/C19H13F3N4O2/c20-19(21,22)16-6-5-12(9-23-16)10-26-15-4-2-1-3-14(15)17(25-26)24-18(27)13-7-8-28-11-13/h1-9,11H,10H2,(H,24,25,27). The molecule has 1 N–H and O–H groups in total. The largest absolute Gasteiger partial charge is 0.472 e. The lowest BCUT2D eigenvalue weighted by Crippen LogP contribution is -2.12. The van der Waals surface area contributed by atoms with Gasteiger partial charge in [-0.15, -0.1) is 0 Å². The number of carbonyl (C=O) groups excluding carboxylic acids is 1. The molecule has 0 atom stereocenters. The van der Waals surface area contributed by atoms with Crippen molar-refractivity contribution in [3.8, 4) is 0 Å². The number of nitrogens with zero attached hydrogens (tertiary/aromatic N) is 3. The second-order valence-corrected chi connectivity index (χ2v) is 6.04. The predicted molar refractivity (Wildman–Crippen MR) is 94.7 cm³/mol. The number of rotatable bonds is 4. The number of hydrogen-bond acceptors (Lipinski definition) is 4. The summed E-state index contributed by atoms with van der Waals surface area (Å²) in [6.07, 6.45) is -0.601. The van der Waals surface area contributed by atoms with E-state index in [4.69, 9.17) is 4.42 Å². The second kappa shape index (κ2) is 6.84. The normalized spacial score (nSPS) is 11.7. The van der Waals surface area contributed by atoms with Crippen LogP contribution in [-0.4, -0.2) is 20.7 Å². The van der Waals surface area contributed by atoms with Gasteiger partial charge < -0.3 is 9.73 Å². The molecule has 4 rings (SSSR count). The highest BCUT2D eigenvalue weighted by Crippen LogP contribution is 2.28. The Hall–Kier alpha value is -3.62. The molecule has 0 saturated heterocycles. The lowest BCUT2D eigenvalue weighted by molar-refractivity contribution is -0.141. The maximum absolute atomic E-state index is 12.7. The first-order valence-corrected chi connectivity index (χ1v) is 8.23. The van der Waals surface area contributed by atoms with Crippen LogP contribution in [0.2, 0.25) is 0 Å². The number of alkyl halides is 3. The van der Waals surface area contributed by atoms with E-state index in [0.717, 1.165) is 11.6 Å². The minimum atomic E-state index is -4.48. The molecule has 0 aliphatic rings. The fourth-order valence-corrected chi connectivity index (χ4v) is 2.77. The average molecular weight is 386 g/mol. The van der Waals surface area contributed by atoms with Crippen molar-refractivity contribution in [2.75, 3.05) is 5.32 Å². The molecular weight excluding hydrogens is 373 g/mol. The number of pyridine rings is 1. The number of aromatic nitrogens is 3. The Morgan fingerprint density at radius 3 is 2.64 bits per heavy atom. The molecular formula is C19H13F3N4O2. The quantitative estimate of drug-likeness (QED) is 0.566. The van der Waals surface area contributed by atoms with E-state index in [9.17, 15) is 18.0 Å². The highest BCUT2D eigenvalue weighted by Gasteiger charge is 2.32. The Balaban J connectivity index is 1.63. The molecule has 0 aliphatic heterocycles. The number of hydrogen-bond donors (Lipinski definition) is 1. The van der Waals surface area contributed by atoms with Crippen LogP contribution >= 0.6 is 0 Å². The first-order chi connectivity index (χ1) is 13.4. The lowest BCUT2D eigenvalue weighted by atomic mass is 10.2. The molecule has 4 aromatic rings. The molecule has 28 heavy (non-hydrogen) atoms. The van der Waals surface area contributed by atoms with Gasteiger partial charge in [-0.05, 0) is 29.8 Å². The van der Waals surface area contributed by atoms with Crippen LogP contribution in [0.1, 0.15) is 21.6 Å². The smallest absolute Gasteiger partial charge is 0.433 e. The van der Waals surface area contributed by atoms with Gasteiger partial charge in [0.1, 0.15) is 12.0 Å². The minimum absolute atomic E-state index is 0.202. The molecule has 0 fully saturated rings. The van der Waals surface area contributed by atoms with Gasteiger partial charge in [-0.1, -0.05) is 18.2 Å². The summed E-state index contributed by atoms with van der Waals surface area (Å²) in [5, 5.41) is 7.84. The zero-order chi connectivity index (χ0) is 19.7. The summed E-state index contributed by atoms with van der Waals surface area (Å²) in [5.74, 6) is -0.0259. The van der Waals surface area contributed by atoms with E-state index in [1.54, 1.807) is 10.7 Å². The van der Waals surface area contributed by atoms with Crippen LogP contribution in [-0.2, 0) is 12.7 Å². The van der Waals surface area contributed by atoms with Crippen LogP contribution in [0.4, 0.5) is 19.0 Å². The molecule has 6 nitrogen and oxygen atoms in total. The SMILES string of the molecule is O=C(Nc1nn(Cc2ccc(C(F)(F)F)nc2)c2ccccc12)c1ccoc1. The van der Waals surface area contributed by atoms with Crippen LogP contribution in [0.15, 0.2) is 65.6 Å². The van der Waals surface area contributed by atoms with E-state index in [2.05, 4.69) is 15.4 Å². The highest BCUT2D eigenvalue weighted by atomic mass is 19.4. The molecule has 0 spiro atoms. The van der Waals surface area contributed by atoms with Gasteiger partial charge in [0.25, 0.3) is 5.91 Å². The van der Waals surface area contributed by atoms with Gasteiger partial charge in [0.05, 0.1) is 23.9 Å². The summed E-state index contributed by atoms with van der Waals surface area (Å²) in [6, 6.07) is 11.1. The number of para-hydroxylation sites is 1. The van der Waals surface area contributed by atoms with E-state index >= 15 is 0 Å². The van der Waals surface area contributed by atoms with E-state index in [0.29, 0.717) is 22.3 Å². The summed E-state index contributed by atoms with van der Waals surface area (Å²) >= 11 is 0. The maximum atomic E-state index is 12.7.